The van der Waals surface area contributed by atoms with E-state index in [1.807, 2.05) is 6.07 Å². The van der Waals surface area contributed by atoms with Gasteiger partial charge in [0.15, 0.2) is 11.6 Å². The number of halogens is 3. The summed E-state index contributed by atoms with van der Waals surface area (Å²) in [5.41, 5.74) is 0.826. The first-order valence-corrected chi connectivity index (χ1v) is 8.65. The van der Waals surface area contributed by atoms with Gasteiger partial charge in [0.05, 0.1) is 12.7 Å². The van der Waals surface area contributed by atoms with Gasteiger partial charge in [-0.25, -0.2) is 8.78 Å². The largest absolute Gasteiger partial charge is 0.494 e. The quantitative estimate of drug-likeness (QED) is 0.812. The van der Waals surface area contributed by atoms with Crippen LogP contribution in [0, 0.1) is 11.6 Å². The van der Waals surface area contributed by atoms with Crippen molar-refractivity contribution in [3.05, 3.63) is 64.2 Å². The number of methoxy groups -OCH3 is 1. The molecule has 1 saturated heterocycles. The number of piperazine rings is 1. The van der Waals surface area contributed by atoms with Crippen molar-refractivity contribution in [2.24, 2.45) is 0 Å². The molecule has 0 unspecified atom stereocenters. The molecule has 0 bridgehead atoms. The Bertz CT molecular complexity index is 808. The highest BCUT2D eigenvalue weighted by atomic mass is 35.5. The van der Waals surface area contributed by atoms with E-state index in [-0.39, 0.29) is 17.2 Å². The fraction of sp³-hybridized carbons (Fsp3) is 0.316. The van der Waals surface area contributed by atoms with Crippen molar-refractivity contribution in [2.75, 3.05) is 33.3 Å². The molecule has 1 heterocycles. The minimum absolute atomic E-state index is 0.0109. The Hall–Kier alpha value is -2.18. The van der Waals surface area contributed by atoms with Crippen LogP contribution in [0.3, 0.4) is 0 Å². The van der Waals surface area contributed by atoms with E-state index in [1.165, 1.54) is 31.4 Å². The molecule has 1 amide bonds. The number of hydrogen-bond donors (Lipinski definition) is 0. The van der Waals surface area contributed by atoms with Crippen molar-refractivity contribution >= 4 is 17.5 Å². The Morgan fingerprint density at radius 3 is 2.46 bits per heavy atom. The Morgan fingerprint density at radius 2 is 1.81 bits per heavy atom. The van der Waals surface area contributed by atoms with Crippen LogP contribution >= 0.6 is 11.6 Å². The molecule has 7 heteroatoms. The summed E-state index contributed by atoms with van der Waals surface area (Å²) in [7, 11) is 1.43. The maximum Gasteiger partial charge on any atom is 0.256 e. The zero-order chi connectivity index (χ0) is 18.7. The van der Waals surface area contributed by atoms with Crippen LogP contribution in [0.2, 0.25) is 5.02 Å². The molecule has 1 fully saturated rings. The normalized spacial score (nSPS) is 15.2. The molecule has 1 aliphatic rings. The number of amides is 1. The summed E-state index contributed by atoms with van der Waals surface area (Å²) in [4.78, 5) is 16.2. The first kappa shape index (κ1) is 18.6. The van der Waals surface area contributed by atoms with Gasteiger partial charge in [-0.1, -0.05) is 17.7 Å². The maximum absolute atomic E-state index is 13.9. The first-order valence-electron chi connectivity index (χ1n) is 8.27. The Morgan fingerprint density at radius 1 is 1.08 bits per heavy atom. The van der Waals surface area contributed by atoms with Crippen LogP contribution in [0.1, 0.15) is 15.9 Å². The minimum atomic E-state index is -0.574. The van der Waals surface area contributed by atoms with E-state index >= 15 is 0 Å². The summed E-state index contributed by atoms with van der Waals surface area (Å²) >= 11 is 5.86. The van der Waals surface area contributed by atoms with Gasteiger partial charge in [0.2, 0.25) is 0 Å². The van der Waals surface area contributed by atoms with Crippen LogP contribution in [-0.4, -0.2) is 49.0 Å². The van der Waals surface area contributed by atoms with Crippen molar-refractivity contribution in [1.29, 1.82) is 0 Å². The summed E-state index contributed by atoms with van der Waals surface area (Å²) < 4.78 is 32.6. The number of rotatable bonds is 4. The maximum atomic E-state index is 13.9. The zero-order valence-electron chi connectivity index (χ0n) is 14.3. The highest BCUT2D eigenvalue weighted by Gasteiger charge is 2.24. The first-order chi connectivity index (χ1) is 12.5. The lowest BCUT2D eigenvalue weighted by Gasteiger charge is -2.34. The third kappa shape index (κ3) is 4.14. The molecule has 0 atom stereocenters. The number of carbonyl (C=O) groups is 1. The number of ether oxygens (including phenoxy) is 1. The minimum Gasteiger partial charge on any atom is -0.494 e. The summed E-state index contributed by atoms with van der Waals surface area (Å²) in [6.45, 7) is 2.78. The SMILES string of the molecule is COc1ccc(CN2CCN(C(=O)c3cc(Cl)ccc3F)CC2)cc1F. The van der Waals surface area contributed by atoms with Crippen LogP contribution in [0.25, 0.3) is 0 Å². The molecule has 0 radical (unpaired) electrons. The second-order valence-electron chi connectivity index (χ2n) is 6.16. The summed E-state index contributed by atoms with van der Waals surface area (Å²) in [5.74, 6) is -1.11. The molecule has 0 spiro atoms. The van der Waals surface area contributed by atoms with Crippen molar-refractivity contribution in [1.82, 2.24) is 9.80 Å². The lowest BCUT2D eigenvalue weighted by molar-refractivity contribution is 0.0624. The van der Waals surface area contributed by atoms with Crippen LogP contribution in [0.4, 0.5) is 8.78 Å². The van der Waals surface area contributed by atoms with E-state index in [0.717, 1.165) is 5.56 Å². The van der Waals surface area contributed by atoms with Gasteiger partial charge in [-0.3, -0.25) is 9.69 Å². The third-order valence-electron chi connectivity index (χ3n) is 4.44. The highest BCUT2D eigenvalue weighted by molar-refractivity contribution is 6.31. The molecule has 2 aromatic rings. The van der Waals surface area contributed by atoms with E-state index in [0.29, 0.717) is 37.7 Å². The van der Waals surface area contributed by atoms with Gasteiger partial charge in [0.1, 0.15) is 5.82 Å². The number of benzene rings is 2. The van der Waals surface area contributed by atoms with Crippen LogP contribution in [0.15, 0.2) is 36.4 Å². The van der Waals surface area contributed by atoms with E-state index in [1.54, 1.807) is 11.0 Å². The molecule has 1 aliphatic heterocycles. The Labute approximate surface area is 155 Å². The second-order valence-corrected chi connectivity index (χ2v) is 6.60. The molecule has 26 heavy (non-hydrogen) atoms. The lowest BCUT2D eigenvalue weighted by atomic mass is 10.1. The summed E-state index contributed by atoms with van der Waals surface area (Å²) in [6, 6.07) is 8.85. The van der Waals surface area contributed by atoms with E-state index in [2.05, 4.69) is 4.90 Å². The third-order valence-corrected chi connectivity index (χ3v) is 4.68. The molecule has 0 aliphatic carbocycles. The van der Waals surface area contributed by atoms with E-state index in [4.69, 9.17) is 16.3 Å². The fourth-order valence-corrected chi connectivity index (χ4v) is 3.18. The number of hydrogen-bond acceptors (Lipinski definition) is 3. The number of nitrogens with zero attached hydrogens (tertiary/aromatic N) is 2. The monoisotopic (exact) mass is 380 g/mol. The zero-order valence-corrected chi connectivity index (χ0v) is 15.1. The molecule has 4 nitrogen and oxygen atoms in total. The molecule has 138 valence electrons. The summed E-state index contributed by atoms with van der Waals surface area (Å²) in [6.07, 6.45) is 0. The van der Waals surface area contributed by atoms with Crippen molar-refractivity contribution in [3.63, 3.8) is 0 Å². The summed E-state index contributed by atoms with van der Waals surface area (Å²) in [5, 5.41) is 0.329. The standard InChI is InChI=1S/C19H19ClF2N2O2/c1-26-18-5-2-13(10-17(18)22)12-23-6-8-24(9-7-23)19(25)15-11-14(20)3-4-16(15)21/h2-5,10-11H,6-9,12H2,1H3. The van der Waals surface area contributed by atoms with Gasteiger partial charge in [0, 0.05) is 37.7 Å². The van der Waals surface area contributed by atoms with Crippen LogP contribution in [-0.2, 0) is 6.54 Å². The molecule has 0 aromatic heterocycles. The van der Waals surface area contributed by atoms with Crippen molar-refractivity contribution in [3.8, 4) is 5.75 Å². The average molecular weight is 381 g/mol. The van der Waals surface area contributed by atoms with E-state index in [9.17, 15) is 13.6 Å². The van der Waals surface area contributed by atoms with Crippen molar-refractivity contribution < 1.29 is 18.3 Å². The smallest absolute Gasteiger partial charge is 0.256 e. The topological polar surface area (TPSA) is 32.8 Å². The average Bonchev–Trinajstić information content (AvgIpc) is 2.64. The van der Waals surface area contributed by atoms with Gasteiger partial charge in [-0.2, -0.15) is 0 Å². The van der Waals surface area contributed by atoms with Gasteiger partial charge < -0.3 is 9.64 Å². The van der Waals surface area contributed by atoms with Crippen molar-refractivity contribution in [2.45, 2.75) is 6.54 Å². The van der Waals surface area contributed by atoms with Crippen LogP contribution in [0.5, 0.6) is 5.75 Å². The Balaban J connectivity index is 1.59. The molecular formula is C19H19ClF2N2O2. The van der Waals surface area contributed by atoms with Crippen LogP contribution < -0.4 is 4.74 Å². The van der Waals surface area contributed by atoms with E-state index < -0.39 is 11.6 Å². The number of carbonyl (C=O) groups excluding carboxylic acids is 1. The fourth-order valence-electron chi connectivity index (χ4n) is 3.01. The second kappa shape index (κ2) is 8.01. The molecule has 2 aromatic carbocycles. The molecule has 0 N–H and O–H groups in total. The molecular weight excluding hydrogens is 362 g/mol. The highest BCUT2D eigenvalue weighted by Crippen LogP contribution is 2.20. The molecule has 0 saturated carbocycles. The molecule has 3 rings (SSSR count). The van der Waals surface area contributed by atoms with Gasteiger partial charge in [0.25, 0.3) is 5.91 Å². The van der Waals surface area contributed by atoms with Gasteiger partial charge in [-0.15, -0.1) is 0 Å². The lowest BCUT2D eigenvalue weighted by Crippen LogP contribution is -2.48. The van der Waals surface area contributed by atoms with Gasteiger partial charge >= 0.3 is 0 Å². The predicted octanol–water partition coefficient (Wildman–Crippen LogP) is 3.58. The predicted molar refractivity (Wildman–Crippen MR) is 95.5 cm³/mol. The Kier molecular flexibility index (Phi) is 5.74. The van der Waals surface area contributed by atoms with Gasteiger partial charge in [-0.05, 0) is 35.9 Å².